The van der Waals surface area contributed by atoms with E-state index < -0.39 is 0 Å². The second-order valence-electron chi connectivity index (χ2n) is 6.44. The van der Waals surface area contributed by atoms with Crippen molar-refractivity contribution in [2.24, 2.45) is 17.8 Å². The van der Waals surface area contributed by atoms with E-state index in [0.717, 1.165) is 31.8 Å². The van der Waals surface area contributed by atoms with Crippen LogP contribution < -0.4 is 10.6 Å². The molecule has 1 atom stereocenters. The molecule has 1 saturated heterocycles. The Morgan fingerprint density at radius 1 is 1.33 bits per heavy atom. The summed E-state index contributed by atoms with van der Waals surface area (Å²) >= 11 is 0. The van der Waals surface area contributed by atoms with Crippen molar-refractivity contribution in [3.05, 3.63) is 0 Å². The molecular weight excluding hydrogens is 248 g/mol. The predicted octanol–water partition coefficient (Wildman–Crippen LogP) is 2.35. The quantitative estimate of drug-likeness (QED) is 0.830. The molecule has 1 heterocycles. The molecule has 0 spiro atoms. The minimum absolute atomic E-state index is 0. The highest BCUT2D eigenvalue weighted by Crippen LogP contribution is 2.32. The fraction of sp³-hybridized carbons (Fsp3) is 0.929. The fourth-order valence-corrected chi connectivity index (χ4v) is 2.81. The van der Waals surface area contributed by atoms with Gasteiger partial charge in [-0.3, -0.25) is 4.79 Å². The lowest BCUT2D eigenvalue weighted by molar-refractivity contribution is -0.129. The molecule has 1 amide bonds. The lowest BCUT2D eigenvalue weighted by Gasteiger charge is -2.39. The molecule has 4 heteroatoms. The van der Waals surface area contributed by atoms with E-state index in [1.165, 1.54) is 12.8 Å². The summed E-state index contributed by atoms with van der Waals surface area (Å²) in [5.74, 6) is 1.79. The first-order chi connectivity index (χ1) is 8.00. The first-order valence-electron chi connectivity index (χ1n) is 7.03. The number of halogens is 1. The van der Waals surface area contributed by atoms with Crippen molar-refractivity contribution in [2.75, 3.05) is 13.1 Å². The molecule has 18 heavy (non-hydrogen) atoms. The number of hydrogen-bond acceptors (Lipinski definition) is 2. The van der Waals surface area contributed by atoms with Gasteiger partial charge < -0.3 is 10.6 Å². The van der Waals surface area contributed by atoms with E-state index in [-0.39, 0.29) is 29.8 Å². The van der Waals surface area contributed by atoms with Gasteiger partial charge in [-0.05, 0) is 57.5 Å². The first-order valence-corrected chi connectivity index (χ1v) is 7.03. The largest absolute Gasteiger partial charge is 0.351 e. The summed E-state index contributed by atoms with van der Waals surface area (Å²) in [4.78, 5) is 12.2. The Hall–Kier alpha value is -0.280. The summed E-state index contributed by atoms with van der Waals surface area (Å²) < 4.78 is 0. The van der Waals surface area contributed by atoms with Crippen LogP contribution in [0.4, 0.5) is 0 Å². The molecule has 1 aliphatic carbocycles. The smallest absolute Gasteiger partial charge is 0.223 e. The standard InChI is InChI=1S/C14H26N2O.ClH/c1-10-4-6-14(3,7-5-10)16-13(17)11(2)12-8-15-9-12;/h10-12,15H,4-9H2,1-3H3,(H,16,17);1H. The van der Waals surface area contributed by atoms with Crippen LogP contribution in [-0.2, 0) is 4.79 Å². The van der Waals surface area contributed by atoms with Crippen LogP contribution in [0.1, 0.15) is 46.5 Å². The molecule has 0 radical (unpaired) electrons. The lowest BCUT2D eigenvalue weighted by Crippen LogP contribution is -2.54. The zero-order valence-electron chi connectivity index (χ0n) is 11.8. The Morgan fingerprint density at radius 2 is 1.89 bits per heavy atom. The van der Waals surface area contributed by atoms with Crippen molar-refractivity contribution in [1.82, 2.24) is 10.6 Å². The Morgan fingerprint density at radius 3 is 2.33 bits per heavy atom. The van der Waals surface area contributed by atoms with Crippen LogP contribution in [0.3, 0.4) is 0 Å². The number of carbonyl (C=O) groups excluding carboxylic acids is 1. The van der Waals surface area contributed by atoms with E-state index in [4.69, 9.17) is 0 Å². The van der Waals surface area contributed by atoms with E-state index in [9.17, 15) is 4.79 Å². The Labute approximate surface area is 117 Å². The molecule has 0 bridgehead atoms. The summed E-state index contributed by atoms with van der Waals surface area (Å²) in [5.41, 5.74) is 0.0506. The highest BCUT2D eigenvalue weighted by Gasteiger charge is 2.35. The number of hydrogen-bond donors (Lipinski definition) is 2. The van der Waals surface area contributed by atoms with Gasteiger partial charge in [-0.15, -0.1) is 12.4 Å². The van der Waals surface area contributed by atoms with Gasteiger partial charge in [0.1, 0.15) is 0 Å². The van der Waals surface area contributed by atoms with Gasteiger partial charge in [0.2, 0.25) is 5.91 Å². The maximum absolute atomic E-state index is 12.2. The minimum atomic E-state index is 0. The normalized spacial score (nSPS) is 34.1. The second-order valence-corrected chi connectivity index (χ2v) is 6.44. The highest BCUT2D eigenvalue weighted by molar-refractivity contribution is 5.85. The first kappa shape index (κ1) is 15.8. The van der Waals surface area contributed by atoms with Gasteiger partial charge in [0, 0.05) is 11.5 Å². The summed E-state index contributed by atoms with van der Waals surface area (Å²) in [5, 5.41) is 6.53. The van der Waals surface area contributed by atoms with E-state index in [1.807, 2.05) is 0 Å². The van der Waals surface area contributed by atoms with Crippen molar-refractivity contribution in [1.29, 1.82) is 0 Å². The third-order valence-corrected chi connectivity index (χ3v) is 4.74. The van der Waals surface area contributed by atoms with Crippen LogP contribution in [0.5, 0.6) is 0 Å². The molecule has 1 aliphatic heterocycles. The van der Waals surface area contributed by atoms with E-state index in [0.29, 0.717) is 5.92 Å². The van der Waals surface area contributed by atoms with Gasteiger partial charge in [-0.1, -0.05) is 13.8 Å². The summed E-state index contributed by atoms with van der Waals surface area (Å²) in [6, 6.07) is 0. The molecular formula is C14H27ClN2O. The third-order valence-electron chi connectivity index (χ3n) is 4.74. The van der Waals surface area contributed by atoms with Gasteiger partial charge in [0.05, 0.1) is 0 Å². The van der Waals surface area contributed by atoms with Crippen LogP contribution in [0, 0.1) is 17.8 Å². The average Bonchev–Trinajstić information content (AvgIpc) is 2.20. The maximum atomic E-state index is 12.2. The van der Waals surface area contributed by atoms with E-state index in [2.05, 4.69) is 31.4 Å². The molecule has 1 unspecified atom stereocenters. The molecule has 1 saturated carbocycles. The number of rotatable bonds is 3. The molecule has 0 aromatic carbocycles. The molecule has 2 aliphatic rings. The van der Waals surface area contributed by atoms with Gasteiger partial charge >= 0.3 is 0 Å². The van der Waals surface area contributed by atoms with Crippen molar-refractivity contribution < 1.29 is 4.79 Å². The van der Waals surface area contributed by atoms with Crippen molar-refractivity contribution in [3.8, 4) is 0 Å². The summed E-state index contributed by atoms with van der Waals surface area (Å²) in [7, 11) is 0. The van der Waals surface area contributed by atoms with Crippen LogP contribution in [0.25, 0.3) is 0 Å². The Balaban J connectivity index is 0.00000162. The average molecular weight is 275 g/mol. The monoisotopic (exact) mass is 274 g/mol. The van der Waals surface area contributed by atoms with Crippen LogP contribution >= 0.6 is 12.4 Å². The SMILES string of the molecule is CC1CCC(C)(NC(=O)C(C)C2CNC2)CC1.Cl. The van der Waals surface area contributed by atoms with Gasteiger partial charge in [-0.2, -0.15) is 0 Å². The van der Waals surface area contributed by atoms with Gasteiger partial charge in [-0.25, -0.2) is 0 Å². The number of carbonyl (C=O) groups is 1. The number of nitrogens with one attached hydrogen (secondary N) is 2. The van der Waals surface area contributed by atoms with Crippen LogP contribution in [-0.4, -0.2) is 24.5 Å². The third kappa shape index (κ3) is 3.61. The molecule has 2 fully saturated rings. The molecule has 2 N–H and O–H groups in total. The zero-order chi connectivity index (χ0) is 12.5. The number of amides is 1. The van der Waals surface area contributed by atoms with E-state index in [1.54, 1.807) is 0 Å². The van der Waals surface area contributed by atoms with E-state index >= 15 is 0 Å². The fourth-order valence-electron chi connectivity index (χ4n) is 2.81. The molecule has 106 valence electrons. The van der Waals surface area contributed by atoms with Crippen molar-refractivity contribution >= 4 is 18.3 Å². The molecule has 2 rings (SSSR count). The van der Waals surface area contributed by atoms with Crippen LogP contribution in [0.2, 0.25) is 0 Å². The predicted molar refractivity (Wildman–Crippen MR) is 77.0 cm³/mol. The Kier molecular flexibility index (Phi) is 5.47. The highest BCUT2D eigenvalue weighted by atomic mass is 35.5. The topological polar surface area (TPSA) is 41.1 Å². The molecule has 0 aromatic heterocycles. The van der Waals surface area contributed by atoms with Gasteiger partial charge in [0.25, 0.3) is 0 Å². The summed E-state index contributed by atoms with van der Waals surface area (Å²) in [6.07, 6.45) is 4.76. The van der Waals surface area contributed by atoms with Crippen molar-refractivity contribution in [2.45, 2.75) is 52.0 Å². The van der Waals surface area contributed by atoms with Crippen molar-refractivity contribution in [3.63, 3.8) is 0 Å². The van der Waals surface area contributed by atoms with Crippen LogP contribution in [0.15, 0.2) is 0 Å². The minimum Gasteiger partial charge on any atom is -0.351 e. The second kappa shape index (κ2) is 6.25. The maximum Gasteiger partial charge on any atom is 0.223 e. The lowest BCUT2D eigenvalue weighted by atomic mass is 9.77. The molecule has 3 nitrogen and oxygen atoms in total. The van der Waals surface area contributed by atoms with Gasteiger partial charge in [0.15, 0.2) is 0 Å². The zero-order valence-corrected chi connectivity index (χ0v) is 12.6. The molecule has 0 aromatic rings. The Bertz CT molecular complexity index is 284. The summed E-state index contributed by atoms with van der Waals surface area (Å²) in [6.45, 7) is 8.59.